The Morgan fingerprint density at radius 3 is 2.57 bits per heavy atom. The van der Waals surface area contributed by atoms with E-state index in [2.05, 4.69) is 10.2 Å². The summed E-state index contributed by atoms with van der Waals surface area (Å²) in [5, 5.41) is 17.1. The maximum absolute atomic E-state index is 8.56. The van der Waals surface area contributed by atoms with Gasteiger partial charge < -0.3 is 0 Å². The minimum Gasteiger partial charge on any atom is -0.191 e. The standard InChI is InChI=1S/C9H5ClN4/c10-7-1-3-9(4-2-7)14-12-6-8(5-11)13-14/h1-4,6H. The number of benzene rings is 1. The van der Waals surface area contributed by atoms with Gasteiger partial charge in [0.15, 0.2) is 5.69 Å². The summed E-state index contributed by atoms with van der Waals surface area (Å²) in [6.45, 7) is 0. The Morgan fingerprint density at radius 2 is 2.00 bits per heavy atom. The van der Waals surface area contributed by atoms with Gasteiger partial charge in [0.05, 0.1) is 11.9 Å². The molecule has 0 saturated heterocycles. The molecular formula is C9H5ClN4. The van der Waals surface area contributed by atoms with E-state index in [1.165, 1.54) is 11.0 Å². The molecule has 2 aromatic rings. The molecule has 0 N–H and O–H groups in total. The Morgan fingerprint density at radius 1 is 1.29 bits per heavy atom. The zero-order valence-corrected chi connectivity index (χ0v) is 7.81. The third kappa shape index (κ3) is 1.58. The van der Waals surface area contributed by atoms with Gasteiger partial charge in [-0.3, -0.25) is 0 Å². The molecule has 2 rings (SSSR count). The van der Waals surface area contributed by atoms with Crippen LogP contribution in [-0.2, 0) is 0 Å². The summed E-state index contributed by atoms with van der Waals surface area (Å²) in [5.41, 5.74) is 1.07. The zero-order valence-electron chi connectivity index (χ0n) is 7.05. The lowest BCUT2D eigenvalue weighted by atomic mass is 10.3. The summed E-state index contributed by atoms with van der Waals surface area (Å²) < 4.78 is 0. The Balaban J connectivity index is 2.40. The van der Waals surface area contributed by atoms with E-state index >= 15 is 0 Å². The fraction of sp³-hybridized carbons (Fsp3) is 0. The van der Waals surface area contributed by atoms with Crippen LogP contribution in [0.2, 0.25) is 5.02 Å². The van der Waals surface area contributed by atoms with Gasteiger partial charge in [0.25, 0.3) is 0 Å². The molecular weight excluding hydrogens is 200 g/mol. The largest absolute Gasteiger partial charge is 0.191 e. The van der Waals surface area contributed by atoms with E-state index in [0.717, 1.165) is 5.69 Å². The van der Waals surface area contributed by atoms with Gasteiger partial charge in [-0.1, -0.05) is 11.6 Å². The van der Waals surface area contributed by atoms with Gasteiger partial charge in [0.2, 0.25) is 0 Å². The SMILES string of the molecule is N#Cc1cnn(-c2ccc(Cl)cc2)n1. The molecule has 5 heteroatoms. The summed E-state index contributed by atoms with van der Waals surface area (Å²) in [7, 11) is 0. The summed E-state index contributed by atoms with van der Waals surface area (Å²) in [6, 6.07) is 8.96. The van der Waals surface area contributed by atoms with Crippen LogP contribution in [0, 0.1) is 11.3 Å². The summed E-state index contributed by atoms with van der Waals surface area (Å²) in [5.74, 6) is 0. The number of nitrogens with zero attached hydrogens (tertiary/aromatic N) is 4. The Labute approximate surface area is 85.3 Å². The van der Waals surface area contributed by atoms with Crippen LogP contribution in [0.5, 0.6) is 0 Å². The van der Waals surface area contributed by atoms with Crippen molar-refractivity contribution in [2.75, 3.05) is 0 Å². The second-order valence-electron chi connectivity index (χ2n) is 2.61. The van der Waals surface area contributed by atoms with Crippen molar-refractivity contribution in [3.05, 3.63) is 41.2 Å². The smallest absolute Gasteiger partial charge is 0.183 e. The van der Waals surface area contributed by atoms with E-state index in [0.29, 0.717) is 10.7 Å². The number of hydrogen-bond acceptors (Lipinski definition) is 3. The molecule has 0 bridgehead atoms. The second-order valence-corrected chi connectivity index (χ2v) is 3.04. The average Bonchev–Trinajstić information content (AvgIpc) is 2.67. The number of halogens is 1. The number of aromatic nitrogens is 3. The summed E-state index contributed by atoms with van der Waals surface area (Å²) >= 11 is 5.73. The highest BCUT2D eigenvalue weighted by atomic mass is 35.5. The van der Waals surface area contributed by atoms with Crippen molar-refractivity contribution in [3.63, 3.8) is 0 Å². The first-order valence-electron chi connectivity index (χ1n) is 3.88. The lowest BCUT2D eigenvalue weighted by molar-refractivity contribution is 0.749. The topological polar surface area (TPSA) is 54.5 Å². The molecule has 1 aromatic carbocycles. The van der Waals surface area contributed by atoms with E-state index in [4.69, 9.17) is 16.9 Å². The van der Waals surface area contributed by atoms with Crippen LogP contribution in [0.1, 0.15) is 5.69 Å². The molecule has 0 aliphatic carbocycles. The van der Waals surface area contributed by atoms with Crippen molar-refractivity contribution in [2.45, 2.75) is 0 Å². The minimum absolute atomic E-state index is 0.292. The molecule has 0 radical (unpaired) electrons. The lowest BCUT2D eigenvalue weighted by Crippen LogP contribution is -1.97. The normalized spacial score (nSPS) is 9.71. The highest BCUT2D eigenvalue weighted by Crippen LogP contribution is 2.11. The quantitative estimate of drug-likeness (QED) is 0.712. The van der Waals surface area contributed by atoms with Crippen molar-refractivity contribution in [2.24, 2.45) is 0 Å². The summed E-state index contributed by atoms with van der Waals surface area (Å²) in [6.07, 6.45) is 1.41. The Hall–Kier alpha value is -1.86. The van der Waals surface area contributed by atoms with Crippen LogP contribution in [0.3, 0.4) is 0 Å². The second kappa shape index (κ2) is 3.48. The van der Waals surface area contributed by atoms with E-state index in [9.17, 15) is 0 Å². The van der Waals surface area contributed by atoms with Gasteiger partial charge in [0, 0.05) is 5.02 Å². The summed E-state index contributed by atoms with van der Waals surface area (Å²) in [4.78, 5) is 1.38. The third-order valence-corrected chi connectivity index (χ3v) is 1.92. The molecule has 14 heavy (non-hydrogen) atoms. The molecule has 0 aliphatic heterocycles. The zero-order chi connectivity index (χ0) is 9.97. The fourth-order valence-electron chi connectivity index (χ4n) is 1.01. The first kappa shape index (κ1) is 8.73. The maximum atomic E-state index is 8.56. The van der Waals surface area contributed by atoms with Crippen LogP contribution in [0.25, 0.3) is 5.69 Å². The Bertz CT molecular complexity index is 480. The number of nitriles is 1. The monoisotopic (exact) mass is 204 g/mol. The average molecular weight is 205 g/mol. The maximum Gasteiger partial charge on any atom is 0.183 e. The van der Waals surface area contributed by atoms with Gasteiger partial charge >= 0.3 is 0 Å². The van der Waals surface area contributed by atoms with Crippen molar-refractivity contribution < 1.29 is 0 Å². The highest BCUT2D eigenvalue weighted by Gasteiger charge is 2.00. The molecule has 0 aliphatic rings. The van der Waals surface area contributed by atoms with Gasteiger partial charge in [-0.2, -0.15) is 15.2 Å². The van der Waals surface area contributed by atoms with Crippen LogP contribution >= 0.6 is 11.6 Å². The van der Waals surface area contributed by atoms with Crippen LogP contribution < -0.4 is 0 Å². The molecule has 0 spiro atoms. The van der Waals surface area contributed by atoms with Gasteiger partial charge in [-0.15, -0.1) is 5.10 Å². The molecule has 0 atom stereocenters. The number of hydrogen-bond donors (Lipinski definition) is 0. The minimum atomic E-state index is 0.292. The van der Waals surface area contributed by atoms with Crippen LogP contribution in [0.4, 0.5) is 0 Å². The molecule has 1 aromatic heterocycles. The highest BCUT2D eigenvalue weighted by molar-refractivity contribution is 6.30. The van der Waals surface area contributed by atoms with Crippen molar-refractivity contribution in [1.82, 2.24) is 15.0 Å². The molecule has 4 nitrogen and oxygen atoms in total. The predicted molar refractivity (Wildman–Crippen MR) is 51.1 cm³/mol. The van der Waals surface area contributed by atoms with Crippen molar-refractivity contribution >= 4 is 11.6 Å². The third-order valence-electron chi connectivity index (χ3n) is 1.66. The molecule has 0 saturated carbocycles. The van der Waals surface area contributed by atoms with E-state index in [1.807, 2.05) is 6.07 Å². The molecule has 1 heterocycles. The van der Waals surface area contributed by atoms with Crippen molar-refractivity contribution in [3.8, 4) is 11.8 Å². The first-order chi connectivity index (χ1) is 6.79. The van der Waals surface area contributed by atoms with E-state index < -0.39 is 0 Å². The first-order valence-corrected chi connectivity index (χ1v) is 4.26. The van der Waals surface area contributed by atoms with Gasteiger partial charge in [0.1, 0.15) is 6.07 Å². The van der Waals surface area contributed by atoms with Crippen molar-refractivity contribution in [1.29, 1.82) is 5.26 Å². The van der Waals surface area contributed by atoms with Crippen LogP contribution in [-0.4, -0.2) is 15.0 Å². The van der Waals surface area contributed by atoms with Gasteiger partial charge in [-0.25, -0.2) is 0 Å². The number of rotatable bonds is 1. The van der Waals surface area contributed by atoms with E-state index in [-0.39, 0.29) is 0 Å². The molecule has 0 unspecified atom stereocenters. The molecule has 0 amide bonds. The Kier molecular flexibility index (Phi) is 2.17. The predicted octanol–water partition coefficient (Wildman–Crippen LogP) is 1.79. The fourth-order valence-corrected chi connectivity index (χ4v) is 1.14. The van der Waals surface area contributed by atoms with Gasteiger partial charge in [-0.05, 0) is 24.3 Å². The molecule has 68 valence electrons. The lowest BCUT2D eigenvalue weighted by Gasteiger charge is -1.97. The van der Waals surface area contributed by atoms with Crippen LogP contribution in [0.15, 0.2) is 30.5 Å². The molecule has 0 fully saturated rings. The van der Waals surface area contributed by atoms with E-state index in [1.54, 1.807) is 24.3 Å².